The zero-order valence-electron chi connectivity index (χ0n) is 9.13. The minimum atomic E-state index is -3.22. The molecule has 0 saturated carbocycles. The van der Waals surface area contributed by atoms with Crippen molar-refractivity contribution in [1.29, 1.82) is 0 Å². The second-order valence-electron chi connectivity index (χ2n) is 3.95. The number of hydrogen-bond acceptors (Lipinski definition) is 2. The summed E-state index contributed by atoms with van der Waals surface area (Å²) in [7, 11) is -3.22. The normalized spacial score (nSPS) is 19.9. The SMILES string of the molecule is Cc1ccc(S(=O)(=O)C2C=CC=CC2)cc1. The molecule has 1 atom stereocenters. The van der Waals surface area contributed by atoms with Crippen molar-refractivity contribution in [2.75, 3.05) is 0 Å². The molecular weight excluding hydrogens is 220 g/mol. The Hall–Kier alpha value is -1.35. The topological polar surface area (TPSA) is 34.1 Å². The highest BCUT2D eigenvalue weighted by Crippen LogP contribution is 2.22. The van der Waals surface area contributed by atoms with Crippen LogP contribution in [-0.2, 0) is 9.84 Å². The lowest BCUT2D eigenvalue weighted by atomic mass is 10.2. The lowest BCUT2D eigenvalue weighted by Gasteiger charge is -2.14. The maximum Gasteiger partial charge on any atom is 0.185 e. The highest BCUT2D eigenvalue weighted by molar-refractivity contribution is 7.92. The van der Waals surface area contributed by atoms with Crippen molar-refractivity contribution in [2.45, 2.75) is 23.5 Å². The molecule has 1 aromatic carbocycles. The number of aryl methyl sites for hydroxylation is 1. The average Bonchev–Trinajstić information content (AvgIpc) is 2.31. The first-order valence-corrected chi connectivity index (χ1v) is 6.79. The van der Waals surface area contributed by atoms with Gasteiger partial charge in [0.1, 0.15) is 0 Å². The summed E-state index contributed by atoms with van der Waals surface area (Å²) in [5, 5.41) is -0.416. The molecule has 0 aromatic heterocycles. The van der Waals surface area contributed by atoms with Gasteiger partial charge >= 0.3 is 0 Å². The van der Waals surface area contributed by atoms with E-state index in [1.54, 1.807) is 24.3 Å². The van der Waals surface area contributed by atoms with E-state index in [9.17, 15) is 8.42 Å². The van der Waals surface area contributed by atoms with Crippen LogP contribution in [0, 0.1) is 6.92 Å². The molecule has 0 fully saturated rings. The maximum absolute atomic E-state index is 12.2. The van der Waals surface area contributed by atoms with Crippen LogP contribution in [0.25, 0.3) is 0 Å². The smallest absolute Gasteiger partial charge is 0.185 e. The van der Waals surface area contributed by atoms with Crippen LogP contribution in [0.2, 0.25) is 0 Å². The number of allylic oxidation sites excluding steroid dienone is 3. The molecule has 2 nitrogen and oxygen atoms in total. The third-order valence-corrected chi connectivity index (χ3v) is 4.77. The summed E-state index contributed by atoms with van der Waals surface area (Å²) in [5.74, 6) is 0. The predicted octanol–water partition coefficient (Wildman–Crippen LogP) is 2.65. The third-order valence-electron chi connectivity index (χ3n) is 2.69. The van der Waals surface area contributed by atoms with Gasteiger partial charge in [0.25, 0.3) is 0 Å². The average molecular weight is 234 g/mol. The molecule has 0 spiro atoms. The van der Waals surface area contributed by atoms with E-state index in [1.165, 1.54) is 0 Å². The van der Waals surface area contributed by atoms with Gasteiger partial charge in [-0.3, -0.25) is 0 Å². The van der Waals surface area contributed by atoms with Crippen LogP contribution in [0.1, 0.15) is 12.0 Å². The van der Waals surface area contributed by atoms with E-state index >= 15 is 0 Å². The van der Waals surface area contributed by atoms with Gasteiger partial charge in [0.05, 0.1) is 10.1 Å². The minimum absolute atomic E-state index is 0.406. The van der Waals surface area contributed by atoms with Crippen molar-refractivity contribution in [3.8, 4) is 0 Å². The molecule has 1 unspecified atom stereocenters. The van der Waals surface area contributed by atoms with Gasteiger partial charge in [0.2, 0.25) is 0 Å². The molecule has 0 N–H and O–H groups in total. The molecule has 84 valence electrons. The molecule has 16 heavy (non-hydrogen) atoms. The van der Waals surface area contributed by atoms with Crippen molar-refractivity contribution >= 4 is 9.84 Å². The Morgan fingerprint density at radius 2 is 1.81 bits per heavy atom. The highest BCUT2D eigenvalue weighted by Gasteiger charge is 2.24. The minimum Gasteiger partial charge on any atom is -0.223 e. The first-order chi connectivity index (χ1) is 7.60. The Balaban J connectivity index is 2.35. The molecule has 2 rings (SSSR count). The molecule has 1 aromatic rings. The third kappa shape index (κ3) is 2.09. The molecule has 0 bridgehead atoms. The van der Waals surface area contributed by atoms with Gasteiger partial charge in [0.15, 0.2) is 9.84 Å². The van der Waals surface area contributed by atoms with Crippen molar-refractivity contribution in [3.63, 3.8) is 0 Å². The van der Waals surface area contributed by atoms with Crippen LogP contribution in [0.15, 0.2) is 53.5 Å². The summed E-state index contributed by atoms with van der Waals surface area (Å²) in [5.41, 5.74) is 1.07. The van der Waals surface area contributed by atoms with Gasteiger partial charge in [-0.25, -0.2) is 8.42 Å². The second kappa shape index (κ2) is 4.26. The van der Waals surface area contributed by atoms with E-state index in [4.69, 9.17) is 0 Å². The summed E-state index contributed by atoms with van der Waals surface area (Å²) in [4.78, 5) is 0.406. The molecular formula is C13H14O2S. The maximum atomic E-state index is 12.2. The van der Waals surface area contributed by atoms with Crippen LogP contribution in [0.4, 0.5) is 0 Å². The van der Waals surface area contributed by atoms with Gasteiger partial charge in [0, 0.05) is 0 Å². The van der Waals surface area contributed by atoms with Gasteiger partial charge in [-0.15, -0.1) is 0 Å². The molecule has 1 aliphatic carbocycles. The molecule has 1 aliphatic rings. The number of sulfone groups is 1. The Labute approximate surface area is 96.2 Å². The Morgan fingerprint density at radius 1 is 1.12 bits per heavy atom. The van der Waals surface area contributed by atoms with Crippen molar-refractivity contribution in [2.24, 2.45) is 0 Å². The van der Waals surface area contributed by atoms with E-state index in [0.29, 0.717) is 11.3 Å². The zero-order chi connectivity index (χ0) is 11.6. The summed E-state index contributed by atoms with van der Waals surface area (Å²) >= 11 is 0. The fraction of sp³-hybridized carbons (Fsp3) is 0.231. The molecule has 0 heterocycles. The number of benzene rings is 1. The van der Waals surface area contributed by atoms with Gasteiger partial charge in [-0.2, -0.15) is 0 Å². The van der Waals surface area contributed by atoms with Gasteiger partial charge in [-0.05, 0) is 25.5 Å². The Bertz CT molecular complexity index is 522. The lowest BCUT2D eigenvalue weighted by Crippen LogP contribution is -2.19. The molecule has 0 aliphatic heterocycles. The van der Waals surface area contributed by atoms with Gasteiger partial charge < -0.3 is 0 Å². The van der Waals surface area contributed by atoms with Crippen LogP contribution in [0.5, 0.6) is 0 Å². The summed E-state index contributed by atoms with van der Waals surface area (Å²) < 4.78 is 24.4. The van der Waals surface area contributed by atoms with Crippen LogP contribution >= 0.6 is 0 Å². The number of hydrogen-bond donors (Lipinski definition) is 0. The summed E-state index contributed by atoms with van der Waals surface area (Å²) in [6, 6.07) is 7.01. The standard InChI is InChI=1S/C13H14O2S/c1-11-7-9-13(10-8-11)16(14,15)12-5-3-2-4-6-12/h2-5,7-10,12H,6H2,1H3. The monoisotopic (exact) mass is 234 g/mol. The largest absolute Gasteiger partial charge is 0.223 e. The fourth-order valence-corrected chi connectivity index (χ4v) is 3.22. The second-order valence-corrected chi connectivity index (χ2v) is 6.11. The molecule has 0 radical (unpaired) electrons. The Kier molecular flexibility index (Phi) is 2.97. The van der Waals surface area contributed by atoms with Crippen molar-refractivity contribution < 1.29 is 8.42 Å². The van der Waals surface area contributed by atoms with Crippen LogP contribution in [0.3, 0.4) is 0 Å². The van der Waals surface area contributed by atoms with E-state index in [1.807, 2.05) is 31.2 Å². The van der Waals surface area contributed by atoms with Crippen molar-refractivity contribution in [3.05, 3.63) is 54.1 Å². The first-order valence-electron chi connectivity index (χ1n) is 5.24. The van der Waals surface area contributed by atoms with E-state index in [-0.39, 0.29) is 0 Å². The van der Waals surface area contributed by atoms with Crippen LogP contribution < -0.4 is 0 Å². The van der Waals surface area contributed by atoms with Crippen LogP contribution in [-0.4, -0.2) is 13.7 Å². The summed E-state index contributed by atoms with van der Waals surface area (Å²) in [6.45, 7) is 1.94. The molecule has 0 saturated heterocycles. The lowest BCUT2D eigenvalue weighted by molar-refractivity contribution is 0.588. The zero-order valence-corrected chi connectivity index (χ0v) is 9.94. The molecule has 3 heteroatoms. The van der Waals surface area contributed by atoms with E-state index in [2.05, 4.69) is 0 Å². The molecule has 0 amide bonds. The first kappa shape index (κ1) is 11.1. The highest BCUT2D eigenvalue weighted by atomic mass is 32.2. The fourth-order valence-electron chi connectivity index (χ4n) is 1.69. The predicted molar refractivity (Wildman–Crippen MR) is 65.0 cm³/mol. The van der Waals surface area contributed by atoms with Crippen molar-refractivity contribution in [1.82, 2.24) is 0 Å². The Morgan fingerprint density at radius 3 is 2.38 bits per heavy atom. The number of rotatable bonds is 2. The quantitative estimate of drug-likeness (QED) is 0.788. The van der Waals surface area contributed by atoms with Gasteiger partial charge in [-0.1, -0.05) is 42.0 Å². The van der Waals surface area contributed by atoms with E-state index in [0.717, 1.165) is 5.56 Å². The summed E-state index contributed by atoms with van der Waals surface area (Å²) in [6.07, 6.45) is 7.86. The van der Waals surface area contributed by atoms with E-state index < -0.39 is 15.1 Å².